The van der Waals surface area contributed by atoms with Crippen LogP contribution in [-0.2, 0) is 6.18 Å². The zero-order valence-electron chi connectivity index (χ0n) is 12.6. The monoisotopic (exact) mass is 321 g/mol. The first-order valence-electron chi connectivity index (χ1n) is 7.49. The molecule has 3 nitrogen and oxygen atoms in total. The summed E-state index contributed by atoms with van der Waals surface area (Å²) in [4.78, 5) is 4.25. The predicted molar refractivity (Wildman–Crippen MR) is 86.2 cm³/mol. The summed E-state index contributed by atoms with van der Waals surface area (Å²) in [7, 11) is 0. The summed E-state index contributed by atoms with van der Waals surface area (Å²) < 4.78 is 38.1. The highest BCUT2D eigenvalue weighted by Gasteiger charge is 2.30. The predicted octanol–water partition coefficient (Wildman–Crippen LogP) is 3.62. The molecule has 0 spiro atoms. The van der Waals surface area contributed by atoms with E-state index in [0.29, 0.717) is 13.1 Å². The van der Waals surface area contributed by atoms with Crippen LogP contribution in [0.3, 0.4) is 0 Å². The van der Waals surface area contributed by atoms with Gasteiger partial charge in [-0.3, -0.25) is 0 Å². The van der Waals surface area contributed by atoms with Gasteiger partial charge in [0.05, 0.1) is 16.9 Å². The van der Waals surface area contributed by atoms with Gasteiger partial charge in [0, 0.05) is 31.9 Å². The minimum atomic E-state index is -4.31. The standard InChI is InChI=1S/C17H18F3N3/c18-17(19,20)13-5-7-14(8-6-13)23-12-11-22(10-9-21)15-3-1-2-4-16(15)23/h1-8H,9-12,21H2. The van der Waals surface area contributed by atoms with Gasteiger partial charge in [0.15, 0.2) is 0 Å². The molecule has 2 N–H and O–H groups in total. The molecule has 23 heavy (non-hydrogen) atoms. The zero-order valence-corrected chi connectivity index (χ0v) is 12.6. The number of para-hydroxylation sites is 2. The minimum Gasteiger partial charge on any atom is -0.367 e. The van der Waals surface area contributed by atoms with Gasteiger partial charge < -0.3 is 15.5 Å². The smallest absolute Gasteiger partial charge is 0.367 e. The third-order valence-electron chi connectivity index (χ3n) is 4.01. The third kappa shape index (κ3) is 3.12. The first-order valence-corrected chi connectivity index (χ1v) is 7.49. The van der Waals surface area contributed by atoms with Gasteiger partial charge in [-0.15, -0.1) is 0 Å². The molecule has 0 atom stereocenters. The number of hydrogen-bond donors (Lipinski definition) is 1. The van der Waals surface area contributed by atoms with Crippen LogP contribution in [0.5, 0.6) is 0 Å². The highest BCUT2D eigenvalue weighted by atomic mass is 19.4. The number of nitrogens with two attached hydrogens (primary N) is 1. The van der Waals surface area contributed by atoms with Crippen LogP contribution in [0.4, 0.5) is 30.2 Å². The van der Waals surface area contributed by atoms with Crippen LogP contribution in [0.1, 0.15) is 5.56 Å². The molecular formula is C17H18F3N3. The summed E-state index contributed by atoms with van der Waals surface area (Å²) in [5, 5.41) is 0. The van der Waals surface area contributed by atoms with E-state index in [9.17, 15) is 13.2 Å². The van der Waals surface area contributed by atoms with Crippen molar-refractivity contribution in [1.29, 1.82) is 0 Å². The van der Waals surface area contributed by atoms with Gasteiger partial charge in [0.2, 0.25) is 0 Å². The van der Waals surface area contributed by atoms with Crippen LogP contribution >= 0.6 is 0 Å². The van der Waals surface area contributed by atoms with Crippen molar-refractivity contribution in [3.63, 3.8) is 0 Å². The van der Waals surface area contributed by atoms with Gasteiger partial charge in [-0.2, -0.15) is 13.2 Å². The number of nitrogens with zero attached hydrogens (tertiary/aromatic N) is 2. The molecular weight excluding hydrogens is 303 g/mol. The molecule has 1 aliphatic rings. The molecule has 1 aliphatic heterocycles. The van der Waals surface area contributed by atoms with E-state index < -0.39 is 11.7 Å². The number of rotatable bonds is 3. The Morgan fingerprint density at radius 3 is 2.17 bits per heavy atom. The molecule has 2 aromatic carbocycles. The second-order valence-electron chi connectivity index (χ2n) is 5.46. The Hall–Kier alpha value is -2.21. The van der Waals surface area contributed by atoms with E-state index in [4.69, 9.17) is 5.73 Å². The van der Waals surface area contributed by atoms with E-state index in [-0.39, 0.29) is 0 Å². The van der Waals surface area contributed by atoms with E-state index in [0.717, 1.165) is 42.3 Å². The maximum atomic E-state index is 12.7. The van der Waals surface area contributed by atoms with Crippen LogP contribution < -0.4 is 15.5 Å². The fourth-order valence-corrected chi connectivity index (χ4v) is 2.91. The van der Waals surface area contributed by atoms with Crippen LogP contribution in [0.15, 0.2) is 48.5 Å². The first-order chi connectivity index (χ1) is 11.0. The molecule has 122 valence electrons. The van der Waals surface area contributed by atoms with Crippen molar-refractivity contribution in [3.8, 4) is 0 Å². The zero-order chi connectivity index (χ0) is 16.4. The van der Waals surface area contributed by atoms with E-state index in [1.807, 2.05) is 29.2 Å². The van der Waals surface area contributed by atoms with E-state index in [1.165, 1.54) is 12.1 Å². The fraction of sp³-hybridized carbons (Fsp3) is 0.294. The van der Waals surface area contributed by atoms with Crippen molar-refractivity contribution in [3.05, 3.63) is 54.1 Å². The van der Waals surface area contributed by atoms with Crippen LogP contribution in [0, 0.1) is 0 Å². The van der Waals surface area contributed by atoms with Gasteiger partial charge in [-0.05, 0) is 36.4 Å². The minimum absolute atomic E-state index is 0.564. The summed E-state index contributed by atoms with van der Waals surface area (Å²) in [5.74, 6) is 0. The molecule has 0 unspecified atom stereocenters. The molecule has 0 amide bonds. The van der Waals surface area contributed by atoms with E-state index >= 15 is 0 Å². The third-order valence-corrected chi connectivity index (χ3v) is 4.01. The lowest BCUT2D eigenvalue weighted by Crippen LogP contribution is -2.41. The average Bonchev–Trinajstić information content (AvgIpc) is 2.55. The Morgan fingerprint density at radius 1 is 0.913 bits per heavy atom. The van der Waals surface area contributed by atoms with Crippen LogP contribution in [0.25, 0.3) is 0 Å². The molecule has 0 fully saturated rings. The van der Waals surface area contributed by atoms with Crippen molar-refractivity contribution in [2.24, 2.45) is 5.73 Å². The lowest BCUT2D eigenvalue weighted by atomic mass is 10.1. The van der Waals surface area contributed by atoms with Gasteiger partial charge >= 0.3 is 6.18 Å². The van der Waals surface area contributed by atoms with Crippen molar-refractivity contribution in [2.75, 3.05) is 36.0 Å². The summed E-state index contributed by atoms with van der Waals surface area (Å²) in [6, 6.07) is 13.2. The number of fused-ring (bicyclic) bond motifs is 1. The topological polar surface area (TPSA) is 32.5 Å². The Labute approximate surface area is 133 Å². The molecule has 0 saturated heterocycles. The van der Waals surface area contributed by atoms with Crippen LogP contribution in [0.2, 0.25) is 0 Å². The SMILES string of the molecule is NCCN1CCN(c2ccc(C(F)(F)F)cc2)c2ccccc21. The molecule has 3 rings (SSSR count). The molecule has 0 radical (unpaired) electrons. The highest BCUT2D eigenvalue weighted by molar-refractivity contribution is 5.79. The fourth-order valence-electron chi connectivity index (χ4n) is 2.91. The summed E-state index contributed by atoms with van der Waals surface area (Å²) in [6.45, 7) is 2.82. The average molecular weight is 321 g/mol. The lowest BCUT2D eigenvalue weighted by molar-refractivity contribution is -0.137. The van der Waals surface area contributed by atoms with Gasteiger partial charge in [0.1, 0.15) is 0 Å². The maximum absolute atomic E-state index is 12.7. The van der Waals surface area contributed by atoms with Crippen molar-refractivity contribution in [2.45, 2.75) is 6.18 Å². The first kappa shape index (κ1) is 15.7. The molecule has 6 heteroatoms. The van der Waals surface area contributed by atoms with E-state index in [1.54, 1.807) is 0 Å². The Morgan fingerprint density at radius 2 is 1.57 bits per heavy atom. The number of halogens is 3. The number of benzene rings is 2. The van der Waals surface area contributed by atoms with E-state index in [2.05, 4.69) is 4.90 Å². The molecule has 0 bridgehead atoms. The largest absolute Gasteiger partial charge is 0.416 e. The van der Waals surface area contributed by atoms with Gasteiger partial charge in [0.25, 0.3) is 0 Å². The number of hydrogen-bond acceptors (Lipinski definition) is 3. The second-order valence-corrected chi connectivity index (χ2v) is 5.46. The Bertz CT molecular complexity index is 668. The van der Waals surface area contributed by atoms with Crippen molar-refractivity contribution < 1.29 is 13.2 Å². The van der Waals surface area contributed by atoms with Gasteiger partial charge in [-0.1, -0.05) is 12.1 Å². The molecule has 0 aliphatic carbocycles. The molecule has 1 heterocycles. The van der Waals surface area contributed by atoms with Crippen LogP contribution in [-0.4, -0.2) is 26.2 Å². The highest BCUT2D eigenvalue weighted by Crippen LogP contribution is 2.38. The second kappa shape index (κ2) is 6.12. The molecule has 0 saturated carbocycles. The summed E-state index contributed by atoms with van der Waals surface area (Å²) >= 11 is 0. The van der Waals surface area contributed by atoms with Crippen molar-refractivity contribution >= 4 is 17.1 Å². The normalized spacial score (nSPS) is 14.8. The quantitative estimate of drug-likeness (QED) is 0.937. The Balaban J connectivity index is 1.93. The summed E-state index contributed by atoms with van der Waals surface area (Å²) in [5.41, 5.74) is 7.84. The maximum Gasteiger partial charge on any atom is 0.416 e. The molecule has 2 aromatic rings. The van der Waals surface area contributed by atoms with Crippen molar-refractivity contribution in [1.82, 2.24) is 0 Å². The Kier molecular flexibility index (Phi) is 4.17. The number of anilines is 3. The molecule has 0 aromatic heterocycles. The van der Waals surface area contributed by atoms with Gasteiger partial charge in [-0.25, -0.2) is 0 Å². The summed E-state index contributed by atoms with van der Waals surface area (Å²) in [6.07, 6.45) is -4.31. The number of alkyl halides is 3. The lowest BCUT2D eigenvalue weighted by Gasteiger charge is -2.38.